The van der Waals surface area contributed by atoms with Crippen LogP contribution in [0.3, 0.4) is 0 Å². The molecule has 6 nitrogen and oxygen atoms in total. The first-order valence-corrected chi connectivity index (χ1v) is 11.9. The first-order chi connectivity index (χ1) is 15.9. The van der Waals surface area contributed by atoms with Crippen molar-refractivity contribution in [2.45, 2.75) is 84.5 Å². The number of nitrogens with one attached hydrogen (secondary N) is 1. The summed E-state index contributed by atoms with van der Waals surface area (Å²) >= 11 is 0. The molecule has 0 aliphatic heterocycles. The lowest BCUT2D eigenvalue weighted by molar-refractivity contribution is -0.157. The maximum Gasteiger partial charge on any atom is 0.407 e. The van der Waals surface area contributed by atoms with Gasteiger partial charge in [-0.05, 0) is 84.1 Å². The summed E-state index contributed by atoms with van der Waals surface area (Å²) in [5.74, 6) is 0.247. The van der Waals surface area contributed by atoms with Crippen molar-refractivity contribution in [1.82, 2.24) is 5.32 Å². The number of hydrogen-bond donors (Lipinski definition) is 1. The van der Waals surface area contributed by atoms with Gasteiger partial charge in [-0.15, -0.1) is 0 Å². The lowest BCUT2D eigenvalue weighted by Crippen LogP contribution is -2.45. The van der Waals surface area contributed by atoms with Crippen LogP contribution in [0.5, 0.6) is 5.75 Å². The number of hydrogen-bond acceptors (Lipinski definition) is 5. The Bertz CT molecular complexity index is 895. The number of alkyl carbamates (subject to hydrolysis) is 1. The third-order valence-electron chi connectivity index (χ3n) is 4.71. The summed E-state index contributed by atoms with van der Waals surface area (Å²) < 4.78 is 16.7. The smallest absolute Gasteiger partial charge is 0.407 e. The molecule has 1 atom stereocenters. The number of ether oxygens (including phenoxy) is 3. The van der Waals surface area contributed by atoms with Gasteiger partial charge in [0.2, 0.25) is 0 Å². The van der Waals surface area contributed by atoms with Crippen molar-refractivity contribution in [2.24, 2.45) is 0 Å². The zero-order valence-electron chi connectivity index (χ0n) is 21.4. The molecule has 0 radical (unpaired) electrons. The Hall–Kier alpha value is -3.02. The minimum atomic E-state index is -0.856. The van der Waals surface area contributed by atoms with E-state index in [9.17, 15) is 9.59 Å². The van der Waals surface area contributed by atoms with Crippen LogP contribution >= 0.6 is 0 Å². The number of carbonyl (C=O) groups excluding carboxylic acids is 2. The van der Waals surface area contributed by atoms with Crippen LogP contribution < -0.4 is 10.1 Å². The summed E-state index contributed by atoms with van der Waals surface area (Å²) in [4.78, 5) is 25.2. The van der Waals surface area contributed by atoms with E-state index in [-0.39, 0.29) is 12.0 Å². The minimum Gasteiger partial charge on any atom is -0.488 e. The highest BCUT2D eigenvalue weighted by Gasteiger charge is 2.27. The van der Waals surface area contributed by atoms with E-state index in [2.05, 4.69) is 17.4 Å². The molecule has 1 unspecified atom stereocenters. The second-order valence-corrected chi connectivity index (χ2v) is 10.4. The zero-order valence-corrected chi connectivity index (χ0v) is 21.4. The Balaban J connectivity index is 1.90. The Morgan fingerprint density at radius 1 is 0.824 bits per heavy atom. The molecule has 0 saturated heterocycles. The first kappa shape index (κ1) is 27.2. The highest BCUT2D eigenvalue weighted by atomic mass is 16.6. The summed E-state index contributed by atoms with van der Waals surface area (Å²) in [7, 11) is 0. The normalized spacial score (nSPS) is 12.5. The van der Waals surface area contributed by atoms with Crippen LogP contribution in [0.2, 0.25) is 0 Å². The maximum atomic E-state index is 12.8. The summed E-state index contributed by atoms with van der Waals surface area (Å²) in [6.45, 7) is 11.6. The Labute approximate surface area is 204 Å². The molecule has 6 heteroatoms. The van der Waals surface area contributed by atoms with Crippen LogP contribution in [-0.2, 0) is 27.1 Å². The second kappa shape index (κ2) is 12.4. The Kier molecular flexibility index (Phi) is 9.97. The highest BCUT2D eigenvalue weighted by molar-refractivity contribution is 5.82. The highest BCUT2D eigenvalue weighted by Crippen LogP contribution is 2.20. The second-order valence-electron chi connectivity index (χ2n) is 10.4. The van der Waals surface area contributed by atoms with E-state index in [1.165, 1.54) is 5.56 Å². The number of unbranched alkanes of at least 4 members (excludes halogenated alkanes) is 1. The van der Waals surface area contributed by atoms with E-state index in [1.54, 1.807) is 20.8 Å². The molecule has 2 rings (SSSR count). The molecule has 34 heavy (non-hydrogen) atoms. The van der Waals surface area contributed by atoms with Crippen LogP contribution in [0.25, 0.3) is 0 Å². The maximum absolute atomic E-state index is 12.8. The predicted octanol–water partition coefficient (Wildman–Crippen LogP) is 5.87. The molecule has 0 spiro atoms. The molecule has 0 fully saturated rings. The molecule has 1 amide bonds. The molecule has 186 valence electrons. The van der Waals surface area contributed by atoms with Crippen molar-refractivity contribution < 1.29 is 23.8 Å². The third kappa shape index (κ3) is 11.2. The molecule has 2 aromatic carbocycles. The van der Waals surface area contributed by atoms with Crippen LogP contribution in [0.1, 0.15) is 65.5 Å². The fourth-order valence-electron chi connectivity index (χ4n) is 3.27. The summed E-state index contributed by atoms with van der Waals surface area (Å²) in [5.41, 5.74) is 1.17. The van der Waals surface area contributed by atoms with Gasteiger partial charge in [-0.1, -0.05) is 42.5 Å². The lowest BCUT2D eigenvalue weighted by Gasteiger charge is -2.25. The quantitative estimate of drug-likeness (QED) is 0.348. The van der Waals surface area contributed by atoms with Crippen molar-refractivity contribution in [2.75, 3.05) is 6.61 Å². The predicted molar refractivity (Wildman–Crippen MR) is 134 cm³/mol. The van der Waals surface area contributed by atoms with Crippen molar-refractivity contribution in [3.63, 3.8) is 0 Å². The van der Waals surface area contributed by atoms with Gasteiger partial charge in [0.15, 0.2) is 0 Å². The molecule has 0 aliphatic rings. The van der Waals surface area contributed by atoms with Crippen LogP contribution in [0.15, 0.2) is 54.6 Å². The van der Waals surface area contributed by atoms with Crippen molar-refractivity contribution in [3.8, 4) is 5.75 Å². The van der Waals surface area contributed by atoms with E-state index < -0.39 is 23.7 Å². The number of amides is 1. The number of carbonyl (C=O) groups is 2. The van der Waals surface area contributed by atoms with E-state index >= 15 is 0 Å². The minimum absolute atomic E-state index is 0.286. The van der Waals surface area contributed by atoms with Gasteiger partial charge in [0.1, 0.15) is 23.0 Å². The first-order valence-electron chi connectivity index (χ1n) is 11.9. The fourth-order valence-corrected chi connectivity index (χ4v) is 3.27. The monoisotopic (exact) mass is 469 g/mol. The Morgan fingerprint density at radius 3 is 2.06 bits per heavy atom. The molecule has 0 aliphatic carbocycles. The van der Waals surface area contributed by atoms with Gasteiger partial charge in [0, 0.05) is 6.42 Å². The SMILES string of the molecule is CC(C)(C)OC(=O)C(Cc1ccc(OC(C)(C)C)cc1)NC(=O)OCCCCc1ccccc1. The molecule has 0 saturated carbocycles. The molecular weight excluding hydrogens is 430 g/mol. The van der Waals surface area contributed by atoms with Crippen LogP contribution in [0.4, 0.5) is 4.79 Å². The van der Waals surface area contributed by atoms with Crippen molar-refractivity contribution in [1.29, 1.82) is 0 Å². The lowest BCUT2D eigenvalue weighted by atomic mass is 10.1. The average molecular weight is 470 g/mol. The van der Waals surface area contributed by atoms with Gasteiger partial charge in [0.25, 0.3) is 0 Å². The molecule has 0 heterocycles. The van der Waals surface area contributed by atoms with Crippen LogP contribution in [0, 0.1) is 0 Å². The van der Waals surface area contributed by atoms with E-state index in [1.807, 2.05) is 63.2 Å². The van der Waals surface area contributed by atoms with Gasteiger partial charge in [0.05, 0.1) is 6.61 Å². The number of esters is 1. The molecule has 2 aromatic rings. The van der Waals surface area contributed by atoms with Gasteiger partial charge in [-0.2, -0.15) is 0 Å². The molecule has 0 aromatic heterocycles. The largest absolute Gasteiger partial charge is 0.488 e. The number of rotatable bonds is 10. The van der Waals surface area contributed by atoms with Gasteiger partial charge >= 0.3 is 12.1 Å². The Morgan fingerprint density at radius 2 is 1.47 bits per heavy atom. The summed E-state index contributed by atoms with van der Waals surface area (Å²) in [6.07, 6.45) is 2.25. The standard InChI is InChI=1S/C28H39NO5/c1-27(2,3)33-23-17-15-22(16-18-23)20-24(25(30)34-28(4,5)6)29-26(31)32-19-11-10-14-21-12-8-7-9-13-21/h7-9,12-13,15-18,24H,10-11,14,19-20H2,1-6H3,(H,29,31). The number of benzene rings is 2. The number of aryl methyl sites for hydroxylation is 1. The van der Waals surface area contributed by atoms with Gasteiger partial charge in [-0.25, -0.2) is 9.59 Å². The summed E-state index contributed by atoms with van der Waals surface area (Å²) in [5, 5.41) is 2.68. The van der Waals surface area contributed by atoms with Crippen LogP contribution in [-0.4, -0.2) is 35.9 Å². The van der Waals surface area contributed by atoms with Crippen molar-refractivity contribution >= 4 is 12.1 Å². The molecule has 1 N–H and O–H groups in total. The molecular formula is C28H39NO5. The van der Waals surface area contributed by atoms with E-state index in [0.717, 1.165) is 30.6 Å². The van der Waals surface area contributed by atoms with Crippen molar-refractivity contribution in [3.05, 3.63) is 65.7 Å². The van der Waals surface area contributed by atoms with E-state index in [4.69, 9.17) is 14.2 Å². The fraction of sp³-hybridized carbons (Fsp3) is 0.500. The summed E-state index contributed by atoms with van der Waals surface area (Å²) in [6, 6.07) is 16.8. The zero-order chi connectivity index (χ0) is 25.2. The topological polar surface area (TPSA) is 73.9 Å². The van der Waals surface area contributed by atoms with E-state index in [0.29, 0.717) is 6.61 Å². The third-order valence-corrected chi connectivity index (χ3v) is 4.71. The average Bonchev–Trinajstić information content (AvgIpc) is 2.73. The van der Waals surface area contributed by atoms with Gasteiger partial charge < -0.3 is 19.5 Å². The molecule has 0 bridgehead atoms. The van der Waals surface area contributed by atoms with Gasteiger partial charge in [-0.3, -0.25) is 0 Å².